The maximum atomic E-state index is 13.0. The lowest BCUT2D eigenvalue weighted by Gasteiger charge is -2.59. The number of hydrogen-bond donors (Lipinski definition) is 0. The van der Waals surface area contributed by atoms with E-state index in [0.29, 0.717) is 0 Å². The fraction of sp³-hybridized carbons (Fsp3) is 0.750. The van der Waals surface area contributed by atoms with Crippen molar-refractivity contribution in [1.29, 1.82) is 0 Å². The summed E-state index contributed by atoms with van der Waals surface area (Å²) in [6.45, 7) is 0. The molecule has 4 bridgehead atoms. The molecule has 124 valence electrons. The third-order valence-corrected chi connectivity index (χ3v) is 6.34. The Labute approximate surface area is 134 Å². The summed E-state index contributed by atoms with van der Waals surface area (Å²) < 4.78 is 1.33. The van der Waals surface area contributed by atoms with E-state index in [9.17, 15) is 14.9 Å². The first kappa shape index (κ1) is 14.7. The summed E-state index contributed by atoms with van der Waals surface area (Å²) in [6, 6.07) is 0. The van der Waals surface area contributed by atoms with Gasteiger partial charge in [-0.1, -0.05) is 0 Å². The second kappa shape index (κ2) is 4.79. The largest absolute Gasteiger partial charge is 0.334 e. The monoisotopic (exact) mass is 318 g/mol. The van der Waals surface area contributed by atoms with Crippen LogP contribution in [0.4, 0.5) is 5.69 Å². The van der Waals surface area contributed by atoms with Gasteiger partial charge in [0.2, 0.25) is 5.69 Å². The third kappa shape index (κ3) is 2.09. The molecule has 1 heterocycles. The highest BCUT2D eigenvalue weighted by atomic mass is 16.6. The Balaban J connectivity index is 1.67. The average Bonchev–Trinajstić information content (AvgIpc) is 2.86. The van der Waals surface area contributed by atoms with Gasteiger partial charge in [0.1, 0.15) is 6.20 Å². The van der Waals surface area contributed by atoms with Gasteiger partial charge in [0.15, 0.2) is 0 Å². The summed E-state index contributed by atoms with van der Waals surface area (Å²) in [5.41, 5.74) is -0.216. The summed E-state index contributed by atoms with van der Waals surface area (Å²) in [7, 11) is 3.42. The highest BCUT2D eigenvalue weighted by molar-refractivity contribution is 5.96. The molecule has 0 radical (unpaired) electrons. The zero-order valence-corrected chi connectivity index (χ0v) is 13.6. The molecule has 0 aliphatic heterocycles. The number of carbonyl (C=O) groups excluding carboxylic acids is 1. The van der Waals surface area contributed by atoms with Crippen LogP contribution in [-0.4, -0.2) is 38.1 Å². The highest BCUT2D eigenvalue weighted by Gasteiger charge is 2.54. The van der Waals surface area contributed by atoms with Crippen LogP contribution < -0.4 is 0 Å². The minimum Gasteiger partial charge on any atom is -0.334 e. The van der Waals surface area contributed by atoms with Gasteiger partial charge in [-0.3, -0.25) is 19.6 Å². The zero-order chi connectivity index (χ0) is 16.4. The molecule has 1 aromatic heterocycles. The fourth-order valence-electron chi connectivity index (χ4n) is 5.66. The molecule has 0 atom stereocenters. The summed E-state index contributed by atoms with van der Waals surface area (Å²) >= 11 is 0. The summed E-state index contributed by atoms with van der Waals surface area (Å²) in [6.07, 6.45) is 8.21. The van der Waals surface area contributed by atoms with Crippen molar-refractivity contribution >= 4 is 11.6 Å². The SMILES string of the molecule is CN(C(=O)c1c([N+](=O)[O-])cnn1C)C12CC3CC(CC(C3)C1)C2. The van der Waals surface area contributed by atoms with Gasteiger partial charge in [0.25, 0.3) is 5.91 Å². The van der Waals surface area contributed by atoms with Gasteiger partial charge in [-0.15, -0.1) is 0 Å². The smallest absolute Gasteiger partial charge is 0.320 e. The van der Waals surface area contributed by atoms with Crippen LogP contribution in [0.2, 0.25) is 0 Å². The molecule has 1 aromatic rings. The molecule has 4 aliphatic carbocycles. The Morgan fingerprint density at radius 3 is 2.30 bits per heavy atom. The predicted octanol–water partition coefficient (Wildman–Crippen LogP) is 2.37. The van der Waals surface area contributed by atoms with E-state index in [1.807, 2.05) is 11.9 Å². The van der Waals surface area contributed by atoms with Gasteiger partial charge in [-0.2, -0.15) is 5.10 Å². The fourth-order valence-corrected chi connectivity index (χ4v) is 5.66. The topological polar surface area (TPSA) is 81.3 Å². The Bertz CT molecular complexity index is 646. The lowest BCUT2D eigenvalue weighted by molar-refractivity contribution is -0.385. The van der Waals surface area contributed by atoms with Crippen molar-refractivity contribution < 1.29 is 9.72 Å². The minimum absolute atomic E-state index is 0.0910. The van der Waals surface area contributed by atoms with E-state index in [2.05, 4.69) is 5.10 Å². The number of hydrogen-bond acceptors (Lipinski definition) is 4. The summed E-state index contributed by atoms with van der Waals surface area (Å²) in [5, 5.41) is 15.1. The molecule has 0 saturated heterocycles. The number of carbonyl (C=O) groups is 1. The number of aromatic nitrogens is 2. The second-order valence-electron chi connectivity index (χ2n) is 7.77. The van der Waals surface area contributed by atoms with Gasteiger partial charge in [0.05, 0.1) is 4.92 Å². The van der Waals surface area contributed by atoms with E-state index in [0.717, 1.165) is 37.0 Å². The molecule has 5 rings (SSSR count). The zero-order valence-electron chi connectivity index (χ0n) is 13.6. The van der Waals surface area contributed by atoms with Crippen molar-refractivity contribution in [3.8, 4) is 0 Å². The molecule has 7 nitrogen and oxygen atoms in total. The number of nitro groups is 1. The highest BCUT2D eigenvalue weighted by Crippen LogP contribution is 2.57. The summed E-state index contributed by atoms with van der Waals surface area (Å²) in [5.74, 6) is 1.90. The average molecular weight is 318 g/mol. The first-order valence-electron chi connectivity index (χ1n) is 8.34. The van der Waals surface area contributed by atoms with Gasteiger partial charge >= 0.3 is 5.69 Å². The maximum absolute atomic E-state index is 13.0. The number of rotatable bonds is 3. The van der Waals surface area contributed by atoms with Crippen LogP contribution in [0.25, 0.3) is 0 Å². The standard InChI is InChI=1S/C16H22N4O3/c1-18(15(21)14-13(20(22)23)9-17-19(14)2)16-6-10-3-11(7-16)5-12(4-10)8-16/h9-12H,3-8H2,1-2H3. The quantitative estimate of drug-likeness (QED) is 0.633. The van der Waals surface area contributed by atoms with Gasteiger partial charge in [-0.05, 0) is 56.3 Å². The molecule has 0 N–H and O–H groups in total. The van der Waals surface area contributed by atoms with Gasteiger partial charge in [0, 0.05) is 19.6 Å². The van der Waals surface area contributed by atoms with Gasteiger partial charge < -0.3 is 4.90 Å². The van der Waals surface area contributed by atoms with Crippen LogP contribution in [0.1, 0.15) is 49.0 Å². The molecule has 4 aliphatic rings. The lowest BCUT2D eigenvalue weighted by atomic mass is 9.52. The molecular formula is C16H22N4O3. The van der Waals surface area contributed by atoms with Crippen molar-refractivity contribution in [2.24, 2.45) is 24.8 Å². The molecular weight excluding hydrogens is 296 g/mol. The second-order valence-corrected chi connectivity index (χ2v) is 7.77. The van der Waals surface area contributed by atoms with Crippen LogP contribution >= 0.6 is 0 Å². The van der Waals surface area contributed by atoms with Crippen LogP contribution in [0.3, 0.4) is 0 Å². The molecule has 4 fully saturated rings. The number of amides is 1. The van der Waals surface area contributed by atoms with Crippen LogP contribution in [0, 0.1) is 27.9 Å². The van der Waals surface area contributed by atoms with E-state index in [-0.39, 0.29) is 22.8 Å². The minimum atomic E-state index is -0.520. The van der Waals surface area contributed by atoms with E-state index < -0.39 is 4.92 Å². The normalized spacial score (nSPS) is 34.6. The van der Waals surface area contributed by atoms with E-state index in [1.54, 1.807) is 7.05 Å². The molecule has 0 aromatic carbocycles. The Morgan fingerprint density at radius 1 is 1.30 bits per heavy atom. The van der Waals surface area contributed by atoms with Crippen molar-refractivity contribution in [3.05, 3.63) is 22.0 Å². The van der Waals surface area contributed by atoms with E-state index in [4.69, 9.17) is 0 Å². The Hall–Kier alpha value is -1.92. The molecule has 0 spiro atoms. The molecule has 4 saturated carbocycles. The molecule has 1 amide bonds. The maximum Gasteiger partial charge on any atom is 0.320 e. The van der Waals surface area contributed by atoms with Crippen molar-refractivity contribution in [2.75, 3.05) is 7.05 Å². The Morgan fingerprint density at radius 2 is 1.83 bits per heavy atom. The third-order valence-electron chi connectivity index (χ3n) is 6.34. The Kier molecular flexibility index (Phi) is 3.05. The van der Waals surface area contributed by atoms with Gasteiger partial charge in [-0.25, -0.2) is 0 Å². The van der Waals surface area contributed by atoms with E-state index in [1.165, 1.54) is 30.1 Å². The lowest BCUT2D eigenvalue weighted by Crippen LogP contribution is -2.60. The van der Waals surface area contributed by atoms with Crippen LogP contribution in [0.15, 0.2) is 6.20 Å². The molecule has 23 heavy (non-hydrogen) atoms. The van der Waals surface area contributed by atoms with Crippen LogP contribution in [-0.2, 0) is 7.05 Å². The van der Waals surface area contributed by atoms with Crippen molar-refractivity contribution in [3.63, 3.8) is 0 Å². The predicted molar refractivity (Wildman–Crippen MR) is 82.9 cm³/mol. The number of nitrogens with zero attached hydrogens (tertiary/aromatic N) is 4. The number of aryl methyl sites for hydroxylation is 1. The molecule has 7 heteroatoms. The van der Waals surface area contributed by atoms with Crippen molar-refractivity contribution in [1.82, 2.24) is 14.7 Å². The molecule has 0 unspecified atom stereocenters. The van der Waals surface area contributed by atoms with Crippen molar-refractivity contribution in [2.45, 2.75) is 44.1 Å². The van der Waals surface area contributed by atoms with E-state index >= 15 is 0 Å². The first-order valence-corrected chi connectivity index (χ1v) is 8.34. The van der Waals surface area contributed by atoms with Crippen LogP contribution in [0.5, 0.6) is 0 Å². The first-order chi connectivity index (χ1) is 10.9. The summed E-state index contributed by atoms with van der Waals surface area (Å²) in [4.78, 5) is 25.5.